The molecule has 0 aliphatic heterocycles. The van der Waals surface area contributed by atoms with Crippen LogP contribution in [0.15, 0.2) is 42.5 Å². The van der Waals surface area contributed by atoms with E-state index in [0.717, 1.165) is 23.6 Å². The molecule has 0 spiro atoms. The van der Waals surface area contributed by atoms with Crippen LogP contribution in [0.25, 0.3) is 0 Å². The van der Waals surface area contributed by atoms with Gasteiger partial charge in [0.2, 0.25) is 0 Å². The second kappa shape index (κ2) is 7.13. The zero-order valence-corrected chi connectivity index (χ0v) is 12.6. The van der Waals surface area contributed by atoms with Crippen molar-refractivity contribution in [2.24, 2.45) is 0 Å². The van der Waals surface area contributed by atoms with Gasteiger partial charge in [0.1, 0.15) is 6.54 Å². The Morgan fingerprint density at radius 1 is 1.14 bits per heavy atom. The lowest BCUT2D eigenvalue weighted by Crippen LogP contribution is -3.08. The van der Waals surface area contributed by atoms with E-state index in [1.54, 1.807) is 0 Å². The van der Waals surface area contributed by atoms with Gasteiger partial charge in [-0.3, -0.25) is 4.79 Å². The van der Waals surface area contributed by atoms with E-state index in [1.165, 1.54) is 17.2 Å². The van der Waals surface area contributed by atoms with Crippen LogP contribution in [0.1, 0.15) is 11.1 Å². The van der Waals surface area contributed by atoms with Gasteiger partial charge in [0, 0.05) is 17.3 Å². The Morgan fingerprint density at radius 3 is 2.55 bits per heavy atom. The second-order valence-electron chi connectivity index (χ2n) is 5.41. The fourth-order valence-electron chi connectivity index (χ4n) is 2.25. The lowest BCUT2D eigenvalue weighted by atomic mass is 10.1. The van der Waals surface area contributed by atoms with Crippen molar-refractivity contribution < 1.29 is 18.5 Å². The minimum absolute atomic E-state index is 0.239. The van der Waals surface area contributed by atoms with Gasteiger partial charge in [-0.15, -0.1) is 0 Å². The summed E-state index contributed by atoms with van der Waals surface area (Å²) in [6.07, 6.45) is 0. The Kier molecular flexibility index (Phi) is 5.22. The molecule has 0 aliphatic carbocycles. The van der Waals surface area contributed by atoms with Gasteiger partial charge < -0.3 is 10.2 Å². The van der Waals surface area contributed by atoms with Crippen molar-refractivity contribution in [1.29, 1.82) is 0 Å². The highest BCUT2D eigenvalue weighted by atomic mass is 19.2. The van der Waals surface area contributed by atoms with Crippen LogP contribution in [0.5, 0.6) is 0 Å². The molecule has 0 aromatic heterocycles. The van der Waals surface area contributed by atoms with Crippen molar-refractivity contribution >= 4 is 11.6 Å². The lowest BCUT2D eigenvalue weighted by Gasteiger charge is -2.15. The zero-order chi connectivity index (χ0) is 16.1. The van der Waals surface area contributed by atoms with E-state index in [1.807, 2.05) is 38.2 Å². The first kappa shape index (κ1) is 16.1. The van der Waals surface area contributed by atoms with Crippen LogP contribution in [-0.4, -0.2) is 19.5 Å². The molecule has 2 aromatic carbocycles. The van der Waals surface area contributed by atoms with Crippen molar-refractivity contribution in [1.82, 2.24) is 0 Å². The van der Waals surface area contributed by atoms with Gasteiger partial charge in [0.25, 0.3) is 5.91 Å². The minimum atomic E-state index is -0.974. The minimum Gasteiger partial charge on any atom is -0.326 e. The molecule has 1 unspecified atom stereocenters. The molecule has 0 saturated carbocycles. The van der Waals surface area contributed by atoms with E-state index >= 15 is 0 Å². The standard InChI is InChI=1S/C17H18F2N2O/c1-12-5-3-4-6-13(12)10-21(2)11-17(22)20-14-7-8-15(18)16(19)9-14/h3-9H,10-11H2,1-2H3,(H,20,22)/p+1. The van der Waals surface area contributed by atoms with Crippen molar-refractivity contribution in [2.75, 3.05) is 18.9 Å². The lowest BCUT2D eigenvalue weighted by molar-refractivity contribution is -0.885. The maximum Gasteiger partial charge on any atom is 0.279 e. The SMILES string of the molecule is Cc1ccccc1C[NH+](C)CC(=O)Nc1ccc(F)c(F)c1. The number of halogens is 2. The van der Waals surface area contributed by atoms with Gasteiger partial charge in [-0.2, -0.15) is 0 Å². The monoisotopic (exact) mass is 305 g/mol. The third-order valence-electron chi connectivity index (χ3n) is 3.42. The predicted molar refractivity (Wildman–Crippen MR) is 81.6 cm³/mol. The number of rotatable bonds is 5. The van der Waals surface area contributed by atoms with Crippen molar-refractivity contribution in [3.8, 4) is 0 Å². The van der Waals surface area contributed by atoms with Crippen LogP contribution in [0, 0.1) is 18.6 Å². The number of hydrogen-bond acceptors (Lipinski definition) is 1. The van der Waals surface area contributed by atoms with E-state index < -0.39 is 11.6 Å². The Morgan fingerprint density at radius 2 is 1.86 bits per heavy atom. The fraction of sp³-hybridized carbons (Fsp3) is 0.235. The van der Waals surface area contributed by atoms with Crippen molar-refractivity contribution in [2.45, 2.75) is 13.5 Å². The largest absolute Gasteiger partial charge is 0.326 e. The fourth-order valence-corrected chi connectivity index (χ4v) is 2.25. The molecule has 0 radical (unpaired) electrons. The van der Waals surface area contributed by atoms with Crippen molar-refractivity contribution in [3.63, 3.8) is 0 Å². The molecule has 116 valence electrons. The third-order valence-corrected chi connectivity index (χ3v) is 3.42. The number of anilines is 1. The molecule has 2 rings (SSSR count). The van der Waals surface area contributed by atoms with Crippen LogP contribution in [-0.2, 0) is 11.3 Å². The summed E-state index contributed by atoms with van der Waals surface area (Å²) in [6, 6.07) is 11.3. The van der Waals surface area contributed by atoms with E-state index in [2.05, 4.69) is 5.32 Å². The summed E-state index contributed by atoms with van der Waals surface area (Å²) < 4.78 is 25.9. The van der Waals surface area contributed by atoms with E-state index in [4.69, 9.17) is 0 Å². The molecule has 1 atom stereocenters. The van der Waals surface area contributed by atoms with E-state index in [0.29, 0.717) is 0 Å². The summed E-state index contributed by atoms with van der Waals surface area (Å²) in [5.41, 5.74) is 2.62. The Bertz CT molecular complexity index is 673. The third kappa shape index (κ3) is 4.36. The molecule has 0 fully saturated rings. The van der Waals surface area contributed by atoms with E-state index in [-0.39, 0.29) is 18.1 Å². The number of benzene rings is 2. The van der Waals surface area contributed by atoms with Gasteiger partial charge in [0.05, 0.1) is 7.05 Å². The molecular weight excluding hydrogens is 286 g/mol. The summed E-state index contributed by atoms with van der Waals surface area (Å²) in [6.45, 7) is 3.00. The molecule has 1 amide bonds. The average Bonchev–Trinajstić information content (AvgIpc) is 2.45. The summed E-state index contributed by atoms with van der Waals surface area (Å²) >= 11 is 0. The number of amides is 1. The Balaban J connectivity index is 1.91. The summed E-state index contributed by atoms with van der Waals surface area (Å²) in [7, 11) is 1.91. The molecule has 0 heterocycles. The first-order valence-electron chi connectivity index (χ1n) is 7.06. The summed E-state index contributed by atoms with van der Waals surface area (Å²) in [4.78, 5) is 13.0. The highest BCUT2D eigenvalue weighted by molar-refractivity contribution is 5.91. The van der Waals surface area contributed by atoms with Gasteiger partial charge in [0.15, 0.2) is 18.2 Å². The van der Waals surface area contributed by atoms with Crippen molar-refractivity contribution in [3.05, 3.63) is 65.2 Å². The first-order valence-corrected chi connectivity index (χ1v) is 7.06. The average molecular weight is 305 g/mol. The van der Waals surface area contributed by atoms with E-state index in [9.17, 15) is 13.6 Å². The number of nitrogens with one attached hydrogen (secondary N) is 2. The maximum absolute atomic E-state index is 13.1. The quantitative estimate of drug-likeness (QED) is 0.869. The molecule has 0 saturated heterocycles. The molecular formula is C17H19F2N2O+. The topological polar surface area (TPSA) is 33.5 Å². The van der Waals surface area contributed by atoms with Crippen LogP contribution in [0.2, 0.25) is 0 Å². The number of aryl methyl sites for hydroxylation is 1. The molecule has 22 heavy (non-hydrogen) atoms. The number of quaternary nitrogens is 1. The molecule has 5 heteroatoms. The Labute approximate surface area is 128 Å². The number of carbonyl (C=O) groups excluding carboxylic acids is 1. The number of hydrogen-bond donors (Lipinski definition) is 2. The van der Waals surface area contributed by atoms with Gasteiger partial charge in [-0.05, 0) is 24.6 Å². The molecule has 2 N–H and O–H groups in total. The molecule has 2 aromatic rings. The van der Waals surface area contributed by atoms with Crippen LogP contribution >= 0.6 is 0 Å². The molecule has 0 bridgehead atoms. The summed E-state index contributed by atoms with van der Waals surface area (Å²) in [5, 5.41) is 2.57. The van der Waals surface area contributed by atoms with Gasteiger partial charge in [-0.25, -0.2) is 8.78 Å². The Hall–Kier alpha value is -2.27. The van der Waals surface area contributed by atoms with Gasteiger partial charge >= 0.3 is 0 Å². The summed E-state index contributed by atoms with van der Waals surface area (Å²) in [5.74, 6) is -2.14. The highest BCUT2D eigenvalue weighted by Crippen LogP contribution is 2.12. The first-order chi connectivity index (χ1) is 10.5. The normalized spacial score (nSPS) is 12.0. The van der Waals surface area contributed by atoms with Crippen LogP contribution in [0.3, 0.4) is 0 Å². The predicted octanol–water partition coefficient (Wildman–Crippen LogP) is 1.93. The maximum atomic E-state index is 13.1. The molecule has 0 aliphatic rings. The van der Waals surface area contributed by atoms with Gasteiger partial charge in [-0.1, -0.05) is 24.3 Å². The number of likely N-dealkylation sites (N-methyl/N-ethyl adjacent to an activating group) is 1. The number of carbonyl (C=O) groups is 1. The van der Waals surface area contributed by atoms with Crippen LogP contribution < -0.4 is 10.2 Å². The zero-order valence-electron chi connectivity index (χ0n) is 12.6. The second-order valence-corrected chi connectivity index (χ2v) is 5.41. The smallest absolute Gasteiger partial charge is 0.279 e. The molecule has 3 nitrogen and oxygen atoms in total. The van der Waals surface area contributed by atoms with Crippen LogP contribution in [0.4, 0.5) is 14.5 Å². The highest BCUT2D eigenvalue weighted by Gasteiger charge is 2.12.